The molecule has 1 aliphatic heterocycles. The van der Waals surface area contributed by atoms with Crippen LogP contribution in [0, 0.1) is 66.0 Å². The van der Waals surface area contributed by atoms with Crippen molar-refractivity contribution >= 4 is 62.4 Å². The van der Waals surface area contributed by atoms with Crippen LogP contribution in [-0.2, 0) is 99.6 Å². The summed E-state index contributed by atoms with van der Waals surface area (Å²) in [6, 6.07) is 49.2. The smallest absolute Gasteiger partial charge is 0.328 e. The molecule has 0 spiro atoms. The number of benzene rings is 6. The Kier molecular flexibility index (Phi) is 114. The Bertz CT molecular complexity index is 3100. The molecule has 0 aromatic heterocycles. The van der Waals surface area contributed by atoms with Crippen molar-refractivity contribution in [3.05, 3.63) is 277 Å². The van der Waals surface area contributed by atoms with Crippen molar-refractivity contribution in [1.29, 1.82) is 0 Å². The second-order valence-corrected chi connectivity index (χ2v) is 22.4. The molecular weight excluding hydrogens is 1810 g/mol. The van der Waals surface area contributed by atoms with Crippen LogP contribution in [0.1, 0.15) is 174 Å². The molecule has 1 fully saturated rings. The minimum atomic E-state index is -1.05. The molecule has 0 radical (unpaired) electrons. The van der Waals surface area contributed by atoms with E-state index in [1.165, 1.54) is 92.4 Å². The standard InChI is InChI=1S/2C20H21NO3.C19H19NO3.C6H15N.C4H10NP.7C2H6.3CH3NO2.2CH3.2W/c2*1-15-8-10-17(11-9-15)14-18(20(23)24-2)21-19(22)13-12-16-6-4-3-5-7-16;1-14-7-9-16(10-8-14)13-17(19(22)23)20-18(21)12-11-15-5-3-2-4-6-15;1-3-5-7-6-4-2;1-3-6-4-2-5-1;7*1-2;3*1-2(3)4;;;;/h2*3-13,18H,14H2,1-2H3,(H,21,22);2-12,17H,13H2,1H3,(H,20,21)(H,22,23);7H,3-6H2,1-2H3;5-6H,1-4H2;7*1-2H3;3*1H3;2*1H3;;/q;;;;;;;;;;;;;;;2*-1;;/b2*13-12+;12-11+;;;;;;;;;;;;;;;;. The molecule has 0 bridgehead atoms. The Labute approximate surface area is 717 Å². The van der Waals surface area contributed by atoms with Gasteiger partial charge in [-0.15, -0.1) is 8.58 Å². The van der Waals surface area contributed by atoms with Gasteiger partial charge < -0.3 is 56.0 Å². The van der Waals surface area contributed by atoms with Crippen molar-refractivity contribution < 1.29 is 100 Å². The van der Waals surface area contributed by atoms with Crippen molar-refractivity contribution in [2.45, 2.75) is 182 Å². The Morgan fingerprint density at radius 3 is 0.833 bits per heavy atom. The van der Waals surface area contributed by atoms with Crippen LogP contribution in [0.5, 0.6) is 0 Å². The molecule has 1 saturated heterocycles. The number of esters is 2. The zero-order chi connectivity index (χ0) is 85.9. The minimum Gasteiger partial charge on any atom is -0.480 e. The minimum absolute atomic E-state index is 0. The summed E-state index contributed by atoms with van der Waals surface area (Å²) < 4.78 is 9.59. The van der Waals surface area contributed by atoms with Gasteiger partial charge in [0.1, 0.15) is 18.1 Å². The molecule has 0 saturated carbocycles. The number of amides is 3. The van der Waals surface area contributed by atoms with Gasteiger partial charge in [0, 0.05) is 94.4 Å². The molecule has 6 aromatic rings. The van der Waals surface area contributed by atoms with Crippen molar-refractivity contribution in [1.82, 2.24) is 26.6 Å². The van der Waals surface area contributed by atoms with Gasteiger partial charge in [0.15, 0.2) is 21.1 Å². The normalized spacial score (nSPS) is 10.3. The zero-order valence-corrected chi connectivity index (χ0v) is 80.3. The topological polar surface area (TPSA) is 331 Å². The summed E-state index contributed by atoms with van der Waals surface area (Å²) in [5.41, 5.74) is 8.90. The number of nitrogens with one attached hydrogen (secondary N) is 5. The van der Waals surface area contributed by atoms with Crippen LogP contribution in [0.15, 0.2) is 182 Å². The summed E-state index contributed by atoms with van der Waals surface area (Å²) in [6.07, 6.45) is 15.6. The molecule has 644 valence electrons. The number of carbonyl (C=O) groups excluding carboxylic acids is 5. The maximum Gasteiger partial charge on any atom is 0.328 e. The van der Waals surface area contributed by atoms with E-state index in [1.54, 1.807) is 18.2 Å². The number of ether oxygens (including phenoxy) is 2. The molecule has 3 atom stereocenters. The first-order valence-corrected chi connectivity index (χ1v) is 39.3. The number of nitrogens with zero attached hydrogens (tertiary/aromatic N) is 3. The Hall–Kier alpha value is -8.71. The third kappa shape index (κ3) is 88.8. The van der Waals surface area contributed by atoms with Crippen LogP contribution < -0.4 is 26.6 Å². The summed E-state index contributed by atoms with van der Waals surface area (Å²) in [4.78, 5) is 96.2. The quantitative estimate of drug-likeness (QED) is 0.00699. The van der Waals surface area contributed by atoms with Gasteiger partial charge in [-0.2, -0.15) is 0 Å². The molecule has 6 aromatic carbocycles. The van der Waals surface area contributed by atoms with E-state index in [9.17, 15) is 33.9 Å². The summed E-state index contributed by atoms with van der Waals surface area (Å²) in [7, 11) is 6.54. The number of hydrogen-bond donors (Lipinski definition) is 6. The number of carbonyl (C=O) groups is 6. The molecule has 1 heterocycles. The van der Waals surface area contributed by atoms with Gasteiger partial charge in [-0.1, -0.05) is 291 Å². The molecule has 0 aliphatic carbocycles. The van der Waals surface area contributed by atoms with Crippen LogP contribution in [0.4, 0.5) is 0 Å². The molecule has 3 amide bonds. The Balaban J connectivity index is -0.000000110. The average molecular weight is 1950 g/mol. The number of nitro groups is 3. The average Bonchev–Trinajstić information content (AvgIpc) is 0.878. The van der Waals surface area contributed by atoms with E-state index in [0.717, 1.165) is 71.2 Å². The van der Waals surface area contributed by atoms with Crippen molar-refractivity contribution in [3.8, 4) is 0 Å². The van der Waals surface area contributed by atoms with Crippen LogP contribution in [0.2, 0.25) is 0 Å². The van der Waals surface area contributed by atoms with Gasteiger partial charge in [-0.05, 0) is 124 Å². The number of carboxylic acids is 1. The van der Waals surface area contributed by atoms with Crippen molar-refractivity contribution in [2.75, 3.05) is 73.9 Å². The SMILES string of the molecule is C1CPCCN1.CC.CC.CC.CC.CC.CC.CC.CCCNCCC.COC(=O)C(Cc1ccc(C)cc1)NC(=O)/C=C/c1ccccc1.COC(=O)C(Cc1ccc(C)cc1)NC(=O)/C=C/c1ccccc1.C[N+](=O)[O-].C[N+](=O)[O-].C[N+](=O)[O-].Cc1ccc(CC(NC(=O)/C=C/c2ccccc2)C(=O)O)cc1.[CH3-].[CH3-].[W].[W]. The van der Waals surface area contributed by atoms with Gasteiger partial charge in [0.05, 0.1) is 14.2 Å². The van der Waals surface area contributed by atoms with E-state index in [0.29, 0.717) is 12.8 Å². The van der Waals surface area contributed by atoms with Crippen molar-refractivity contribution in [2.24, 2.45) is 0 Å². The number of rotatable bonds is 22. The van der Waals surface area contributed by atoms with Crippen molar-refractivity contribution in [3.63, 3.8) is 0 Å². The molecule has 7 rings (SSSR count). The Morgan fingerprint density at radius 1 is 0.430 bits per heavy atom. The van der Waals surface area contributed by atoms with Crippen LogP contribution >= 0.6 is 8.58 Å². The molecule has 23 nitrogen and oxygen atoms in total. The number of hydrogen-bond acceptors (Lipinski definition) is 16. The fourth-order valence-corrected chi connectivity index (χ4v) is 8.66. The fourth-order valence-electron chi connectivity index (χ4n) is 7.70. The Morgan fingerprint density at radius 2 is 0.649 bits per heavy atom. The molecule has 3 unspecified atom stereocenters. The molecule has 1 aliphatic rings. The largest absolute Gasteiger partial charge is 0.480 e. The first-order chi connectivity index (χ1) is 52.8. The maximum atomic E-state index is 12.1. The maximum absolute atomic E-state index is 12.1. The predicted molar refractivity (Wildman–Crippen MR) is 474 cm³/mol. The summed E-state index contributed by atoms with van der Waals surface area (Å²) >= 11 is 0. The second-order valence-electron chi connectivity index (χ2n) is 20.9. The zero-order valence-electron chi connectivity index (χ0n) is 73.4. The van der Waals surface area contributed by atoms with E-state index in [1.807, 2.05) is 281 Å². The van der Waals surface area contributed by atoms with E-state index >= 15 is 0 Å². The number of methoxy groups -OCH3 is 2. The third-order valence-corrected chi connectivity index (χ3v) is 13.6. The van der Waals surface area contributed by atoms with Gasteiger partial charge in [-0.25, -0.2) is 14.4 Å². The van der Waals surface area contributed by atoms with E-state index in [2.05, 4.69) is 40.4 Å². The van der Waals surface area contributed by atoms with Gasteiger partial charge in [0.25, 0.3) is 0 Å². The van der Waals surface area contributed by atoms with Gasteiger partial charge in [0.2, 0.25) is 17.7 Å². The number of aryl methyl sites for hydroxylation is 3. The summed E-state index contributed by atoms with van der Waals surface area (Å²) in [5, 5.41) is 50.2. The molecule has 26 heteroatoms. The predicted octanol–water partition coefficient (Wildman–Crippen LogP) is 18.1. The molecule has 114 heavy (non-hydrogen) atoms. The monoisotopic (exact) mass is 1950 g/mol. The van der Waals surface area contributed by atoms with Crippen LogP contribution in [-0.4, -0.2) is 147 Å². The third-order valence-electron chi connectivity index (χ3n) is 12.4. The summed E-state index contributed by atoms with van der Waals surface area (Å²) in [6.45, 7) is 43.2. The van der Waals surface area contributed by atoms with Gasteiger partial charge >= 0.3 is 17.9 Å². The fraction of sp³-hybridized carbons (Fsp3) is 0.432. The van der Waals surface area contributed by atoms with Crippen LogP contribution in [0.3, 0.4) is 0 Å². The van der Waals surface area contributed by atoms with Crippen LogP contribution in [0.25, 0.3) is 18.2 Å². The second kappa shape index (κ2) is 98.5. The number of carboxylic acid groups (broad SMARTS) is 1. The number of aliphatic carboxylic acids is 1. The van der Waals surface area contributed by atoms with E-state index in [4.69, 9.17) is 39.8 Å². The first kappa shape index (κ1) is 132. The summed E-state index contributed by atoms with van der Waals surface area (Å²) in [5.74, 6) is -3.06. The molecular formula is C88H143N8O15PW2-2. The van der Waals surface area contributed by atoms with Gasteiger partial charge in [-0.3, -0.25) is 44.7 Å². The van der Waals surface area contributed by atoms with E-state index < -0.39 is 56.7 Å². The van der Waals surface area contributed by atoms with E-state index in [-0.39, 0.29) is 75.2 Å². The molecule has 6 N–H and O–H groups in total. The first-order valence-electron chi connectivity index (χ1n) is 37.8.